The molecule has 0 aromatic heterocycles. The number of carbonyl (C=O) groups excluding carboxylic acids is 2. The molecule has 7 heteroatoms. The van der Waals surface area contributed by atoms with Gasteiger partial charge in [0, 0.05) is 55.8 Å². The third-order valence-electron chi connectivity index (χ3n) is 5.74. The Bertz CT molecular complexity index is 909. The molecule has 2 aliphatic heterocycles. The minimum absolute atomic E-state index is 0.0238. The van der Waals surface area contributed by atoms with Crippen LogP contribution in [0.1, 0.15) is 51.7 Å². The van der Waals surface area contributed by atoms with Gasteiger partial charge in [0.05, 0.1) is 6.10 Å². The van der Waals surface area contributed by atoms with Crippen LogP contribution in [0.5, 0.6) is 0 Å². The molecule has 2 aromatic rings. The van der Waals surface area contributed by atoms with Crippen LogP contribution >= 0.6 is 0 Å². The smallest absolute Gasteiger partial charge is 0.256 e. The molecule has 2 atom stereocenters. The molecule has 2 aromatic carbocycles. The molecule has 164 valence electrons. The van der Waals surface area contributed by atoms with Crippen LogP contribution in [0.2, 0.25) is 0 Å². The van der Waals surface area contributed by atoms with E-state index in [2.05, 4.69) is 10.6 Å². The van der Waals surface area contributed by atoms with Crippen molar-refractivity contribution in [3.63, 3.8) is 0 Å². The van der Waals surface area contributed by atoms with E-state index in [9.17, 15) is 9.59 Å². The van der Waals surface area contributed by atoms with Gasteiger partial charge in [0.2, 0.25) is 0 Å². The fourth-order valence-corrected chi connectivity index (χ4v) is 4.12. The van der Waals surface area contributed by atoms with Crippen LogP contribution in [0.4, 0.5) is 5.69 Å². The van der Waals surface area contributed by atoms with Crippen LogP contribution < -0.4 is 10.6 Å². The highest BCUT2D eigenvalue weighted by Gasteiger charge is 2.38. The molecule has 2 N–H and O–H groups in total. The molecule has 0 spiro atoms. The monoisotopic (exact) mass is 423 g/mol. The van der Waals surface area contributed by atoms with Gasteiger partial charge < -0.3 is 25.0 Å². The van der Waals surface area contributed by atoms with Gasteiger partial charge >= 0.3 is 0 Å². The summed E-state index contributed by atoms with van der Waals surface area (Å²) in [7, 11) is 1.64. The number of benzene rings is 2. The Morgan fingerprint density at radius 3 is 2.74 bits per heavy atom. The van der Waals surface area contributed by atoms with Gasteiger partial charge in [-0.1, -0.05) is 18.2 Å². The van der Waals surface area contributed by atoms with Crippen molar-refractivity contribution in [2.24, 2.45) is 0 Å². The Hall–Kier alpha value is -2.90. The molecular weight excluding hydrogens is 394 g/mol. The number of nitrogens with one attached hydrogen (secondary N) is 2. The van der Waals surface area contributed by atoms with Crippen LogP contribution in [0.25, 0.3) is 0 Å². The van der Waals surface area contributed by atoms with Crippen molar-refractivity contribution in [1.82, 2.24) is 10.2 Å². The number of anilines is 1. The highest BCUT2D eigenvalue weighted by atomic mass is 16.5. The Kier molecular flexibility index (Phi) is 6.84. The summed E-state index contributed by atoms with van der Waals surface area (Å²) in [6.45, 7) is 2.51. The molecule has 2 heterocycles. The number of fused-ring (bicyclic) bond motifs is 1. The molecule has 1 saturated heterocycles. The third kappa shape index (κ3) is 4.89. The number of nitrogens with zero attached hydrogens (tertiary/aromatic N) is 1. The quantitative estimate of drug-likeness (QED) is 0.606. The van der Waals surface area contributed by atoms with E-state index in [1.54, 1.807) is 19.2 Å². The predicted octanol–water partition coefficient (Wildman–Crippen LogP) is 3.20. The largest absolute Gasteiger partial charge is 0.385 e. The van der Waals surface area contributed by atoms with Crippen LogP contribution in [-0.2, 0) is 9.47 Å². The second-order valence-electron chi connectivity index (χ2n) is 7.91. The first-order chi connectivity index (χ1) is 15.2. The Balaban J connectivity index is 1.45. The van der Waals surface area contributed by atoms with E-state index in [4.69, 9.17) is 9.47 Å². The van der Waals surface area contributed by atoms with Crippen LogP contribution in [0.3, 0.4) is 0 Å². The average Bonchev–Trinajstić information content (AvgIpc) is 3.40. The first-order valence-corrected chi connectivity index (χ1v) is 10.8. The number of ether oxygens (including phenoxy) is 2. The number of hydrogen-bond acceptors (Lipinski definition) is 5. The lowest BCUT2D eigenvalue weighted by atomic mass is 10.1. The summed E-state index contributed by atoms with van der Waals surface area (Å²) in [6.07, 6.45) is 2.60. The molecule has 2 amide bonds. The standard InChI is InChI=1S/C24H29N3O4/c1-30-14-5-13-25-23(28)17-9-11-18(12-10-17)26-22-20-7-2-3-8-21(20)24(29)27(22)16-19-6-4-15-31-19/h2-3,7-12,19,22,26H,4-6,13-16H2,1H3,(H,25,28). The number of hydrogen-bond donors (Lipinski definition) is 2. The maximum Gasteiger partial charge on any atom is 0.256 e. The number of amides is 2. The minimum Gasteiger partial charge on any atom is -0.385 e. The van der Waals surface area contributed by atoms with E-state index in [1.807, 2.05) is 41.3 Å². The second kappa shape index (κ2) is 9.94. The minimum atomic E-state index is -0.262. The average molecular weight is 424 g/mol. The fraction of sp³-hybridized carbons (Fsp3) is 0.417. The van der Waals surface area contributed by atoms with E-state index in [0.717, 1.165) is 42.7 Å². The lowest BCUT2D eigenvalue weighted by Gasteiger charge is -2.29. The summed E-state index contributed by atoms with van der Waals surface area (Å²) in [5.41, 5.74) is 3.14. The van der Waals surface area contributed by atoms with Crippen LogP contribution in [-0.4, -0.2) is 56.2 Å². The molecule has 2 aliphatic rings. The summed E-state index contributed by atoms with van der Waals surface area (Å²) in [5, 5.41) is 6.37. The van der Waals surface area contributed by atoms with Crippen molar-refractivity contribution in [2.45, 2.75) is 31.5 Å². The van der Waals surface area contributed by atoms with Crippen molar-refractivity contribution >= 4 is 17.5 Å². The zero-order valence-corrected chi connectivity index (χ0v) is 17.8. The first kappa shape index (κ1) is 21.3. The molecule has 7 nitrogen and oxygen atoms in total. The number of rotatable bonds is 9. The van der Waals surface area contributed by atoms with Gasteiger partial charge in [-0.15, -0.1) is 0 Å². The summed E-state index contributed by atoms with van der Waals surface area (Å²) in [5.74, 6) is -0.0836. The highest BCUT2D eigenvalue weighted by Crippen LogP contribution is 2.35. The third-order valence-corrected chi connectivity index (χ3v) is 5.74. The highest BCUT2D eigenvalue weighted by molar-refractivity contribution is 5.99. The van der Waals surface area contributed by atoms with E-state index < -0.39 is 0 Å². The lowest BCUT2D eigenvalue weighted by molar-refractivity contribution is 0.0489. The maximum atomic E-state index is 13.0. The Labute approximate surface area is 182 Å². The molecule has 31 heavy (non-hydrogen) atoms. The van der Waals surface area contributed by atoms with Crippen molar-refractivity contribution in [3.05, 3.63) is 65.2 Å². The van der Waals surface area contributed by atoms with E-state index in [1.165, 1.54) is 0 Å². The van der Waals surface area contributed by atoms with E-state index in [-0.39, 0.29) is 24.1 Å². The summed E-state index contributed by atoms with van der Waals surface area (Å²) in [6, 6.07) is 15.0. The van der Waals surface area contributed by atoms with E-state index >= 15 is 0 Å². The molecular formula is C24H29N3O4. The first-order valence-electron chi connectivity index (χ1n) is 10.8. The van der Waals surface area contributed by atoms with Gasteiger partial charge in [-0.3, -0.25) is 9.59 Å². The van der Waals surface area contributed by atoms with Crippen LogP contribution in [0.15, 0.2) is 48.5 Å². The van der Waals surface area contributed by atoms with Crippen LogP contribution in [0, 0.1) is 0 Å². The Morgan fingerprint density at radius 1 is 1.19 bits per heavy atom. The number of methoxy groups -OCH3 is 1. The lowest BCUT2D eigenvalue weighted by Crippen LogP contribution is -2.38. The van der Waals surface area contributed by atoms with Gasteiger partial charge in [0.1, 0.15) is 6.17 Å². The zero-order chi connectivity index (χ0) is 21.6. The number of carbonyl (C=O) groups is 2. The maximum absolute atomic E-state index is 13.0. The molecule has 1 fully saturated rings. The summed E-state index contributed by atoms with van der Waals surface area (Å²) < 4.78 is 10.8. The molecule has 0 radical (unpaired) electrons. The van der Waals surface area contributed by atoms with Crippen molar-refractivity contribution < 1.29 is 19.1 Å². The SMILES string of the molecule is COCCCNC(=O)c1ccc(NC2c3ccccc3C(=O)N2CC2CCCO2)cc1. The normalized spacial score (nSPS) is 20.0. The molecule has 0 saturated carbocycles. The van der Waals surface area contributed by atoms with E-state index in [0.29, 0.717) is 25.3 Å². The van der Waals surface area contributed by atoms with Gasteiger partial charge in [-0.2, -0.15) is 0 Å². The molecule has 0 bridgehead atoms. The van der Waals surface area contributed by atoms with Gasteiger partial charge in [0.15, 0.2) is 0 Å². The molecule has 4 rings (SSSR count). The zero-order valence-electron chi connectivity index (χ0n) is 17.8. The van der Waals surface area contributed by atoms with Gasteiger partial charge in [0.25, 0.3) is 11.8 Å². The topological polar surface area (TPSA) is 79.9 Å². The predicted molar refractivity (Wildman–Crippen MR) is 118 cm³/mol. The summed E-state index contributed by atoms with van der Waals surface area (Å²) >= 11 is 0. The Morgan fingerprint density at radius 2 is 2.00 bits per heavy atom. The second-order valence-corrected chi connectivity index (χ2v) is 7.91. The van der Waals surface area contributed by atoms with Gasteiger partial charge in [-0.25, -0.2) is 0 Å². The van der Waals surface area contributed by atoms with Crippen molar-refractivity contribution in [2.75, 3.05) is 38.7 Å². The summed E-state index contributed by atoms with van der Waals surface area (Å²) in [4.78, 5) is 27.2. The van der Waals surface area contributed by atoms with Crippen molar-refractivity contribution in [3.8, 4) is 0 Å². The van der Waals surface area contributed by atoms with Crippen molar-refractivity contribution in [1.29, 1.82) is 0 Å². The molecule has 0 aliphatic carbocycles. The molecule has 2 unspecified atom stereocenters. The van der Waals surface area contributed by atoms with Gasteiger partial charge in [-0.05, 0) is 49.6 Å². The fourth-order valence-electron chi connectivity index (χ4n) is 4.12.